The summed E-state index contributed by atoms with van der Waals surface area (Å²) < 4.78 is 5.49. The van der Waals surface area contributed by atoms with Crippen molar-refractivity contribution in [2.45, 2.75) is 37.3 Å². The van der Waals surface area contributed by atoms with Crippen LogP contribution in [0.15, 0.2) is 40.1 Å². The minimum Gasteiger partial charge on any atom is -0.334 e. The summed E-state index contributed by atoms with van der Waals surface area (Å²) in [7, 11) is 0. The van der Waals surface area contributed by atoms with Gasteiger partial charge in [-0.25, -0.2) is 9.97 Å². The van der Waals surface area contributed by atoms with Crippen LogP contribution in [0.5, 0.6) is 0 Å². The summed E-state index contributed by atoms with van der Waals surface area (Å²) in [6.07, 6.45) is 6.52. The lowest BCUT2D eigenvalue weighted by molar-refractivity contribution is 0.431. The van der Waals surface area contributed by atoms with Crippen molar-refractivity contribution < 1.29 is 4.52 Å². The van der Waals surface area contributed by atoms with Gasteiger partial charge in [0.15, 0.2) is 0 Å². The summed E-state index contributed by atoms with van der Waals surface area (Å²) in [5, 5.41) is 4.92. The van der Waals surface area contributed by atoms with Gasteiger partial charge in [-0.2, -0.15) is 4.98 Å². The molecule has 0 spiro atoms. The van der Waals surface area contributed by atoms with Crippen LogP contribution in [0.2, 0.25) is 0 Å². The predicted octanol–water partition coefficient (Wildman–Crippen LogP) is 3.64. The molecule has 0 saturated heterocycles. The molecule has 1 atom stereocenters. The van der Waals surface area contributed by atoms with Gasteiger partial charge in [-0.1, -0.05) is 18.1 Å². The Hall–Kier alpha value is -2.25. The number of hydrogen-bond donors (Lipinski definition) is 1. The average Bonchev–Trinajstić information content (AvgIpc) is 3.12. The van der Waals surface area contributed by atoms with Gasteiger partial charge in [0.05, 0.1) is 0 Å². The Labute approximate surface area is 150 Å². The van der Waals surface area contributed by atoms with E-state index >= 15 is 0 Å². The zero-order valence-electron chi connectivity index (χ0n) is 14.0. The van der Waals surface area contributed by atoms with Gasteiger partial charge in [0, 0.05) is 24.0 Å². The molecular formula is C18H19N5OS. The van der Waals surface area contributed by atoms with Crippen molar-refractivity contribution in [3.05, 3.63) is 41.7 Å². The number of nitrogens with two attached hydrogens (primary N) is 1. The molecule has 2 heterocycles. The molecule has 25 heavy (non-hydrogen) atoms. The third kappa shape index (κ3) is 3.17. The molecule has 0 aliphatic heterocycles. The topological polar surface area (TPSA) is 90.7 Å². The van der Waals surface area contributed by atoms with E-state index in [1.165, 1.54) is 11.1 Å². The van der Waals surface area contributed by atoms with E-state index in [0.29, 0.717) is 17.4 Å². The van der Waals surface area contributed by atoms with E-state index in [0.717, 1.165) is 35.6 Å². The second-order valence-electron chi connectivity index (χ2n) is 5.98. The Kier molecular flexibility index (Phi) is 4.50. The SMILES string of the molecule is CCSc1nccnc1-c1noc(-c2ccc3c(c2)CCCC3N)n1. The van der Waals surface area contributed by atoms with Gasteiger partial charge in [0.1, 0.15) is 10.7 Å². The van der Waals surface area contributed by atoms with Crippen LogP contribution in [0.25, 0.3) is 23.0 Å². The Morgan fingerprint density at radius 2 is 2.16 bits per heavy atom. The summed E-state index contributed by atoms with van der Waals surface area (Å²) >= 11 is 1.61. The lowest BCUT2D eigenvalue weighted by Gasteiger charge is -2.22. The normalized spacial score (nSPS) is 16.6. The summed E-state index contributed by atoms with van der Waals surface area (Å²) in [5.41, 5.74) is 10.3. The van der Waals surface area contributed by atoms with Gasteiger partial charge < -0.3 is 10.3 Å². The molecule has 1 aliphatic rings. The predicted molar refractivity (Wildman–Crippen MR) is 97.0 cm³/mol. The van der Waals surface area contributed by atoms with Gasteiger partial charge in [-0.3, -0.25) is 0 Å². The molecule has 0 radical (unpaired) electrons. The first kappa shape index (κ1) is 16.2. The van der Waals surface area contributed by atoms with Crippen molar-refractivity contribution in [1.82, 2.24) is 20.1 Å². The number of fused-ring (bicyclic) bond motifs is 1. The van der Waals surface area contributed by atoms with Crippen LogP contribution in [-0.4, -0.2) is 25.9 Å². The zero-order chi connectivity index (χ0) is 17.2. The molecule has 2 N–H and O–H groups in total. The van der Waals surface area contributed by atoms with E-state index in [1.54, 1.807) is 24.2 Å². The molecule has 0 amide bonds. The number of hydrogen-bond acceptors (Lipinski definition) is 7. The molecule has 7 heteroatoms. The van der Waals surface area contributed by atoms with Crippen molar-refractivity contribution in [1.29, 1.82) is 0 Å². The van der Waals surface area contributed by atoms with Crippen molar-refractivity contribution in [3.63, 3.8) is 0 Å². The second kappa shape index (κ2) is 6.93. The van der Waals surface area contributed by atoms with E-state index in [4.69, 9.17) is 10.3 Å². The molecule has 4 rings (SSSR count). The van der Waals surface area contributed by atoms with Crippen LogP contribution in [-0.2, 0) is 6.42 Å². The first-order valence-corrected chi connectivity index (χ1v) is 9.41. The molecule has 0 saturated carbocycles. The van der Waals surface area contributed by atoms with Crippen LogP contribution in [0.1, 0.15) is 36.9 Å². The number of rotatable bonds is 4. The van der Waals surface area contributed by atoms with Crippen molar-refractivity contribution >= 4 is 11.8 Å². The Morgan fingerprint density at radius 1 is 1.28 bits per heavy atom. The lowest BCUT2D eigenvalue weighted by atomic mass is 9.87. The number of nitrogens with zero attached hydrogens (tertiary/aromatic N) is 4. The molecule has 0 fully saturated rings. The number of thioether (sulfide) groups is 1. The maximum atomic E-state index is 6.19. The molecule has 3 aromatic rings. The van der Waals surface area contributed by atoms with Crippen molar-refractivity contribution in [3.8, 4) is 23.0 Å². The fourth-order valence-corrected chi connectivity index (χ4v) is 3.83. The van der Waals surface area contributed by atoms with E-state index in [1.807, 2.05) is 6.07 Å². The number of aromatic nitrogens is 4. The smallest absolute Gasteiger partial charge is 0.258 e. The number of benzene rings is 1. The summed E-state index contributed by atoms with van der Waals surface area (Å²) in [6, 6.07) is 6.33. The molecule has 1 unspecified atom stereocenters. The lowest BCUT2D eigenvalue weighted by Crippen LogP contribution is -2.17. The average molecular weight is 353 g/mol. The van der Waals surface area contributed by atoms with Crippen molar-refractivity contribution in [2.24, 2.45) is 5.73 Å². The fraction of sp³-hybridized carbons (Fsp3) is 0.333. The third-order valence-electron chi connectivity index (χ3n) is 4.33. The molecule has 1 aliphatic carbocycles. The fourth-order valence-electron chi connectivity index (χ4n) is 3.14. The maximum Gasteiger partial charge on any atom is 0.258 e. The van der Waals surface area contributed by atoms with Gasteiger partial charge in [0.25, 0.3) is 5.89 Å². The quantitative estimate of drug-likeness (QED) is 0.716. The van der Waals surface area contributed by atoms with Gasteiger partial charge in [0.2, 0.25) is 5.82 Å². The summed E-state index contributed by atoms with van der Waals surface area (Å²) in [5.74, 6) is 1.87. The Bertz CT molecular complexity index is 895. The standard InChI is InChI=1S/C18H19N5OS/c1-2-25-18-15(20-8-9-21-18)16-22-17(24-23-16)12-6-7-13-11(10-12)4-3-5-14(13)19/h6-10,14H,2-5,19H2,1H3. The molecule has 0 bridgehead atoms. The second-order valence-corrected chi connectivity index (χ2v) is 7.23. The first-order chi connectivity index (χ1) is 12.3. The molecule has 128 valence electrons. The van der Waals surface area contributed by atoms with Crippen LogP contribution >= 0.6 is 11.8 Å². The first-order valence-electron chi connectivity index (χ1n) is 8.43. The monoisotopic (exact) mass is 353 g/mol. The number of aryl methyl sites for hydroxylation is 1. The highest BCUT2D eigenvalue weighted by molar-refractivity contribution is 7.99. The Morgan fingerprint density at radius 3 is 3.04 bits per heavy atom. The molecule has 1 aromatic carbocycles. The zero-order valence-corrected chi connectivity index (χ0v) is 14.8. The minimum absolute atomic E-state index is 0.129. The van der Waals surface area contributed by atoms with Crippen LogP contribution in [0.3, 0.4) is 0 Å². The highest BCUT2D eigenvalue weighted by Crippen LogP contribution is 2.32. The van der Waals surface area contributed by atoms with Gasteiger partial charge >= 0.3 is 0 Å². The summed E-state index contributed by atoms with van der Waals surface area (Å²) in [4.78, 5) is 13.3. The third-order valence-corrected chi connectivity index (χ3v) is 5.20. The summed E-state index contributed by atoms with van der Waals surface area (Å²) in [6.45, 7) is 2.07. The van der Waals surface area contributed by atoms with Gasteiger partial charge in [-0.05, 0) is 48.3 Å². The van der Waals surface area contributed by atoms with Crippen molar-refractivity contribution in [2.75, 3.05) is 5.75 Å². The molecular weight excluding hydrogens is 334 g/mol. The van der Waals surface area contributed by atoms with Crippen LogP contribution < -0.4 is 5.73 Å². The molecule has 6 nitrogen and oxygen atoms in total. The largest absolute Gasteiger partial charge is 0.334 e. The highest BCUT2D eigenvalue weighted by Gasteiger charge is 2.20. The van der Waals surface area contributed by atoms with Crippen LogP contribution in [0.4, 0.5) is 0 Å². The van der Waals surface area contributed by atoms with E-state index in [9.17, 15) is 0 Å². The highest BCUT2D eigenvalue weighted by atomic mass is 32.2. The van der Waals surface area contributed by atoms with E-state index in [-0.39, 0.29) is 6.04 Å². The Balaban J connectivity index is 1.68. The molecule has 2 aromatic heterocycles. The maximum absolute atomic E-state index is 6.19. The van der Waals surface area contributed by atoms with E-state index in [2.05, 4.69) is 39.2 Å². The van der Waals surface area contributed by atoms with E-state index < -0.39 is 0 Å². The van der Waals surface area contributed by atoms with Gasteiger partial charge in [-0.15, -0.1) is 11.8 Å². The van der Waals surface area contributed by atoms with Crippen LogP contribution in [0, 0.1) is 0 Å². The minimum atomic E-state index is 0.129.